The molecule has 7 aliphatic rings. The number of fused-ring (bicyclic) bond motifs is 3. The molecule has 1 aromatic rings. The Labute approximate surface area is 229 Å². The molecule has 206 valence electrons. The first-order chi connectivity index (χ1) is 18.6. The van der Waals surface area contributed by atoms with Gasteiger partial charge in [-0.05, 0) is 71.7 Å². The van der Waals surface area contributed by atoms with Gasteiger partial charge in [-0.15, -0.1) is 0 Å². The Kier molecular flexibility index (Phi) is 5.34. The lowest BCUT2D eigenvalue weighted by Gasteiger charge is -2.59. The Balaban J connectivity index is 1.42. The lowest BCUT2D eigenvalue weighted by Crippen LogP contribution is -2.74. The van der Waals surface area contributed by atoms with Gasteiger partial charge in [0.2, 0.25) is 0 Å². The Bertz CT molecular complexity index is 1380. The average Bonchev–Trinajstić information content (AvgIpc) is 3.17. The van der Waals surface area contributed by atoms with Crippen LogP contribution < -0.4 is 9.47 Å². The fourth-order valence-corrected chi connectivity index (χ4v) is 7.97. The molecule has 3 fully saturated rings. The van der Waals surface area contributed by atoms with E-state index in [1.54, 1.807) is 0 Å². The van der Waals surface area contributed by atoms with Crippen molar-refractivity contribution in [1.82, 2.24) is 4.90 Å². The standard InChI is InChI=1S/C32H37NO6/c1-18(2)8-11-31-29(36)20-14-22-27(35)26-24(34)15-25-19(9-10-30(3,4)38-25)28(26)39-32(22,31)23(17-37-31)21(20)16-33-12-6-5-7-13-33/h8-10,14-15,20-21,23,34H,5-7,11-13,16-17H2,1-4H3/t20-,21+,23-,31?,32-/m1/s1. The molecule has 0 amide bonds. The number of rotatable bonds is 4. The van der Waals surface area contributed by atoms with E-state index in [2.05, 4.69) is 4.90 Å². The minimum absolute atomic E-state index is 0.00473. The summed E-state index contributed by atoms with van der Waals surface area (Å²) in [5, 5.41) is 11.1. The number of Topliss-reactive ketones (excluding diaryl/α,β-unsaturated/α-hetero) is 2. The number of hydrogen-bond acceptors (Lipinski definition) is 7. The molecule has 1 unspecified atom stereocenters. The third-order valence-electron chi connectivity index (χ3n) is 9.79. The van der Waals surface area contributed by atoms with Gasteiger partial charge in [-0.3, -0.25) is 9.59 Å². The lowest BCUT2D eigenvalue weighted by atomic mass is 9.49. The number of likely N-dealkylation sites (tertiary alicyclic amines) is 1. The van der Waals surface area contributed by atoms with E-state index in [1.165, 1.54) is 25.3 Å². The summed E-state index contributed by atoms with van der Waals surface area (Å²) in [5.74, 6) is -0.260. The van der Waals surface area contributed by atoms with Crippen LogP contribution >= 0.6 is 0 Å². The molecular formula is C32H37NO6. The second-order valence-corrected chi connectivity index (χ2v) is 12.9. The molecule has 4 heterocycles. The van der Waals surface area contributed by atoms with Crippen LogP contribution in [0.2, 0.25) is 0 Å². The van der Waals surface area contributed by atoms with Crippen LogP contribution in [-0.2, 0) is 9.53 Å². The number of allylic oxidation sites excluding steroid dienone is 2. The van der Waals surface area contributed by atoms with Crippen molar-refractivity contribution in [2.45, 2.75) is 70.2 Å². The van der Waals surface area contributed by atoms with Crippen molar-refractivity contribution in [2.24, 2.45) is 17.8 Å². The molecule has 7 heteroatoms. The molecular weight excluding hydrogens is 494 g/mol. The first-order valence-electron chi connectivity index (χ1n) is 14.4. The number of piperidine rings is 1. The number of ether oxygens (including phenoxy) is 3. The Morgan fingerprint density at radius 3 is 2.67 bits per heavy atom. The molecule has 0 aromatic heterocycles. The smallest absolute Gasteiger partial charge is 0.200 e. The highest BCUT2D eigenvalue weighted by molar-refractivity contribution is 6.18. The maximum Gasteiger partial charge on any atom is 0.200 e. The van der Waals surface area contributed by atoms with Gasteiger partial charge in [-0.1, -0.05) is 24.1 Å². The van der Waals surface area contributed by atoms with Crippen LogP contribution in [0, 0.1) is 17.8 Å². The van der Waals surface area contributed by atoms with Crippen LogP contribution in [0.25, 0.3) is 6.08 Å². The van der Waals surface area contributed by atoms with Crippen molar-refractivity contribution >= 4 is 17.6 Å². The Hall–Kier alpha value is -2.90. The van der Waals surface area contributed by atoms with Crippen molar-refractivity contribution in [3.05, 3.63) is 46.6 Å². The highest BCUT2D eigenvalue weighted by Crippen LogP contribution is 2.66. The predicted octanol–water partition coefficient (Wildman–Crippen LogP) is 4.87. The van der Waals surface area contributed by atoms with Crippen LogP contribution in [-0.4, -0.2) is 64.6 Å². The second-order valence-electron chi connectivity index (χ2n) is 12.9. The zero-order valence-electron chi connectivity index (χ0n) is 23.2. The van der Waals surface area contributed by atoms with Crippen LogP contribution in [0.1, 0.15) is 69.3 Å². The van der Waals surface area contributed by atoms with Gasteiger partial charge in [-0.2, -0.15) is 0 Å². The fraction of sp³-hybridized carbons (Fsp3) is 0.562. The molecule has 4 aliphatic heterocycles. The summed E-state index contributed by atoms with van der Waals surface area (Å²) in [7, 11) is 0. The van der Waals surface area contributed by atoms with Crippen molar-refractivity contribution in [2.75, 3.05) is 26.2 Å². The van der Waals surface area contributed by atoms with E-state index in [4.69, 9.17) is 14.2 Å². The van der Waals surface area contributed by atoms with Gasteiger partial charge in [0.25, 0.3) is 0 Å². The van der Waals surface area contributed by atoms with Gasteiger partial charge in [0, 0.05) is 36.4 Å². The summed E-state index contributed by atoms with van der Waals surface area (Å²) in [6.07, 6.45) is 11.6. The Morgan fingerprint density at radius 1 is 1.15 bits per heavy atom. The molecule has 3 aliphatic carbocycles. The number of nitrogens with zero attached hydrogens (tertiary/aromatic N) is 1. The number of ketones is 2. The first-order valence-corrected chi connectivity index (χ1v) is 14.4. The monoisotopic (exact) mass is 531 g/mol. The maximum atomic E-state index is 14.4. The third kappa shape index (κ3) is 3.29. The van der Waals surface area contributed by atoms with Gasteiger partial charge < -0.3 is 24.2 Å². The van der Waals surface area contributed by atoms with Crippen molar-refractivity contribution in [3.8, 4) is 17.2 Å². The highest BCUT2D eigenvalue weighted by atomic mass is 16.6. The largest absolute Gasteiger partial charge is 0.507 e. The first kappa shape index (κ1) is 25.1. The van der Waals surface area contributed by atoms with E-state index in [1.807, 2.05) is 52.0 Å². The molecule has 1 saturated carbocycles. The molecule has 39 heavy (non-hydrogen) atoms. The van der Waals surface area contributed by atoms with Crippen molar-refractivity contribution in [3.63, 3.8) is 0 Å². The molecule has 1 aromatic carbocycles. The number of hydrogen-bond donors (Lipinski definition) is 1. The zero-order chi connectivity index (χ0) is 27.3. The van der Waals surface area contributed by atoms with E-state index < -0.39 is 22.7 Å². The SMILES string of the molecule is CC(C)=CCC12OC[C@@H]3[C@@H](CN4CCCCC4)[C@@H](C=C4C(=O)c5c(O)cc6c(c5O[C@]431)C=CC(C)(C)O6)C2=O. The molecule has 4 bridgehead atoms. The van der Waals surface area contributed by atoms with Gasteiger partial charge in [-0.25, -0.2) is 0 Å². The molecule has 5 atom stereocenters. The lowest BCUT2D eigenvalue weighted by molar-refractivity contribution is -0.171. The number of aromatic hydroxyl groups is 1. The van der Waals surface area contributed by atoms with E-state index in [9.17, 15) is 14.7 Å². The minimum atomic E-state index is -1.29. The van der Waals surface area contributed by atoms with Gasteiger partial charge in [0.15, 0.2) is 22.8 Å². The van der Waals surface area contributed by atoms with Crippen LogP contribution in [0.4, 0.5) is 0 Å². The van der Waals surface area contributed by atoms with Crippen molar-refractivity contribution in [1.29, 1.82) is 0 Å². The normalized spacial score (nSPS) is 35.4. The summed E-state index contributed by atoms with van der Waals surface area (Å²) in [4.78, 5) is 31.2. The summed E-state index contributed by atoms with van der Waals surface area (Å²) in [5.41, 5.74) is -0.800. The molecule has 7 nitrogen and oxygen atoms in total. The van der Waals surface area contributed by atoms with Gasteiger partial charge in [0.1, 0.15) is 28.4 Å². The van der Waals surface area contributed by atoms with E-state index in [0.717, 1.165) is 25.2 Å². The maximum absolute atomic E-state index is 14.4. The molecule has 2 saturated heterocycles. The van der Waals surface area contributed by atoms with E-state index >= 15 is 0 Å². The number of carbonyl (C=O) groups excluding carboxylic acids is 2. The van der Waals surface area contributed by atoms with Crippen LogP contribution in [0.3, 0.4) is 0 Å². The number of phenolic OH excluding ortho intramolecular Hbond substituents is 1. The molecule has 8 rings (SSSR count). The van der Waals surface area contributed by atoms with Crippen molar-refractivity contribution < 1.29 is 28.9 Å². The molecule has 0 radical (unpaired) electrons. The summed E-state index contributed by atoms with van der Waals surface area (Å²) < 4.78 is 19.8. The highest BCUT2D eigenvalue weighted by Gasteiger charge is 2.79. The van der Waals surface area contributed by atoms with Gasteiger partial charge in [0.05, 0.1) is 12.2 Å². The number of carbonyl (C=O) groups is 2. The predicted molar refractivity (Wildman–Crippen MR) is 146 cm³/mol. The Morgan fingerprint density at radius 2 is 1.92 bits per heavy atom. The van der Waals surface area contributed by atoms with E-state index in [-0.39, 0.29) is 34.7 Å². The molecule has 1 spiro atoms. The topological polar surface area (TPSA) is 85.3 Å². The zero-order valence-corrected chi connectivity index (χ0v) is 23.2. The fourth-order valence-electron chi connectivity index (χ4n) is 7.97. The quantitative estimate of drug-likeness (QED) is 0.555. The number of benzene rings is 1. The molecule has 1 N–H and O–H groups in total. The van der Waals surface area contributed by atoms with Crippen LogP contribution in [0.15, 0.2) is 35.4 Å². The van der Waals surface area contributed by atoms with E-state index in [0.29, 0.717) is 35.7 Å². The average molecular weight is 532 g/mol. The number of phenols is 1. The van der Waals surface area contributed by atoms with Crippen LogP contribution in [0.5, 0.6) is 17.2 Å². The summed E-state index contributed by atoms with van der Waals surface area (Å²) in [6, 6.07) is 1.51. The minimum Gasteiger partial charge on any atom is -0.507 e. The third-order valence-corrected chi connectivity index (χ3v) is 9.79. The summed E-state index contributed by atoms with van der Waals surface area (Å²) >= 11 is 0. The summed E-state index contributed by atoms with van der Waals surface area (Å²) in [6.45, 7) is 11.1. The second kappa shape index (κ2) is 8.31. The van der Waals surface area contributed by atoms with Gasteiger partial charge >= 0.3 is 0 Å².